The number of benzene rings is 2. The Bertz CT molecular complexity index is 989. The second-order valence-electron chi connectivity index (χ2n) is 11.4. The van der Waals surface area contributed by atoms with Gasteiger partial charge in [0.2, 0.25) is 0 Å². The third kappa shape index (κ3) is 10.8. The molecule has 40 heavy (non-hydrogen) atoms. The molecule has 2 N–H and O–H groups in total. The first-order valence-corrected chi connectivity index (χ1v) is 15.4. The predicted molar refractivity (Wildman–Crippen MR) is 162 cm³/mol. The maximum absolute atomic E-state index is 11.8. The highest BCUT2D eigenvalue weighted by molar-refractivity contribution is 5.87. The van der Waals surface area contributed by atoms with Crippen molar-refractivity contribution in [2.45, 2.75) is 89.9 Å². The van der Waals surface area contributed by atoms with Crippen molar-refractivity contribution >= 4 is 5.97 Å². The number of aliphatic hydroxyl groups excluding tert-OH is 2. The SMILES string of the molecule is C=C(CO)C(=O)OCCC(CCOCO)c1ccc(-c2ccc(CCC3CCC(CCCCC)CC3)cc2)cc1. The van der Waals surface area contributed by atoms with Gasteiger partial charge in [0.25, 0.3) is 0 Å². The van der Waals surface area contributed by atoms with Crippen LogP contribution in [0.25, 0.3) is 11.1 Å². The highest BCUT2D eigenvalue weighted by Crippen LogP contribution is 2.34. The Morgan fingerprint density at radius 2 is 1.48 bits per heavy atom. The van der Waals surface area contributed by atoms with Crippen molar-refractivity contribution in [2.75, 3.05) is 26.6 Å². The van der Waals surface area contributed by atoms with E-state index >= 15 is 0 Å². The van der Waals surface area contributed by atoms with Gasteiger partial charge in [0.05, 0.1) is 25.4 Å². The van der Waals surface area contributed by atoms with Crippen molar-refractivity contribution in [2.24, 2.45) is 11.8 Å². The third-order valence-electron chi connectivity index (χ3n) is 8.57. The van der Waals surface area contributed by atoms with Gasteiger partial charge in [0.1, 0.15) is 6.79 Å². The first-order chi connectivity index (χ1) is 19.5. The molecule has 5 heteroatoms. The summed E-state index contributed by atoms with van der Waals surface area (Å²) in [6, 6.07) is 17.6. The van der Waals surface area contributed by atoms with E-state index in [1.54, 1.807) is 0 Å². The molecule has 0 saturated heterocycles. The van der Waals surface area contributed by atoms with E-state index in [9.17, 15) is 4.79 Å². The number of unbranched alkanes of at least 4 members (excludes halogenated alkanes) is 2. The Morgan fingerprint density at radius 1 is 0.875 bits per heavy atom. The number of rotatable bonds is 18. The van der Waals surface area contributed by atoms with Crippen LogP contribution in [0.2, 0.25) is 0 Å². The molecule has 0 aliphatic heterocycles. The van der Waals surface area contributed by atoms with Crippen LogP contribution >= 0.6 is 0 Å². The Kier molecular flexibility index (Phi) is 14.5. The van der Waals surface area contributed by atoms with Gasteiger partial charge in [-0.3, -0.25) is 0 Å². The fourth-order valence-electron chi connectivity index (χ4n) is 5.90. The number of aliphatic hydroxyl groups is 2. The first-order valence-electron chi connectivity index (χ1n) is 15.4. The van der Waals surface area contributed by atoms with Gasteiger partial charge in [-0.2, -0.15) is 0 Å². The summed E-state index contributed by atoms with van der Waals surface area (Å²) in [6.07, 6.45) is 15.1. The number of aryl methyl sites for hydroxylation is 1. The van der Waals surface area contributed by atoms with Gasteiger partial charge in [-0.1, -0.05) is 113 Å². The van der Waals surface area contributed by atoms with Crippen LogP contribution in [0.4, 0.5) is 0 Å². The number of hydrogen-bond acceptors (Lipinski definition) is 5. The fourth-order valence-corrected chi connectivity index (χ4v) is 5.90. The molecular formula is C35H50O5. The zero-order chi connectivity index (χ0) is 28.6. The summed E-state index contributed by atoms with van der Waals surface area (Å²) in [4.78, 5) is 11.8. The zero-order valence-electron chi connectivity index (χ0n) is 24.5. The van der Waals surface area contributed by atoms with Crippen LogP contribution in [0.15, 0.2) is 60.7 Å². The van der Waals surface area contributed by atoms with Crippen molar-refractivity contribution in [1.29, 1.82) is 0 Å². The van der Waals surface area contributed by atoms with Crippen molar-refractivity contribution in [3.63, 3.8) is 0 Å². The van der Waals surface area contributed by atoms with Crippen LogP contribution in [0, 0.1) is 11.8 Å². The lowest BCUT2D eigenvalue weighted by molar-refractivity contribution is -0.139. The molecule has 0 spiro atoms. The summed E-state index contributed by atoms with van der Waals surface area (Å²) < 4.78 is 10.4. The van der Waals surface area contributed by atoms with E-state index in [2.05, 4.69) is 62.0 Å². The van der Waals surface area contributed by atoms with Crippen molar-refractivity contribution in [1.82, 2.24) is 0 Å². The highest BCUT2D eigenvalue weighted by atomic mass is 16.6. The fraction of sp³-hybridized carbons (Fsp3) is 0.571. The largest absolute Gasteiger partial charge is 0.462 e. The number of hydrogen-bond donors (Lipinski definition) is 2. The molecular weight excluding hydrogens is 500 g/mol. The molecule has 1 fully saturated rings. The van der Waals surface area contributed by atoms with Crippen molar-refractivity contribution < 1.29 is 24.5 Å². The molecule has 1 unspecified atom stereocenters. The van der Waals surface area contributed by atoms with Crippen LogP contribution in [0.5, 0.6) is 0 Å². The molecule has 220 valence electrons. The Balaban J connectivity index is 1.49. The highest BCUT2D eigenvalue weighted by Gasteiger charge is 2.20. The lowest BCUT2D eigenvalue weighted by atomic mass is 9.78. The molecule has 1 aliphatic carbocycles. The molecule has 1 aliphatic rings. The van der Waals surface area contributed by atoms with Gasteiger partial charge in [-0.05, 0) is 65.7 Å². The third-order valence-corrected chi connectivity index (χ3v) is 8.57. The van der Waals surface area contributed by atoms with Crippen molar-refractivity contribution in [3.8, 4) is 11.1 Å². The van der Waals surface area contributed by atoms with E-state index in [4.69, 9.17) is 19.7 Å². The predicted octanol–water partition coefficient (Wildman–Crippen LogP) is 7.59. The average molecular weight is 551 g/mol. The number of carbonyl (C=O) groups is 1. The molecule has 1 atom stereocenters. The zero-order valence-corrected chi connectivity index (χ0v) is 24.5. The minimum atomic E-state index is -0.572. The van der Waals surface area contributed by atoms with Gasteiger partial charge in [-0.15, -0.1) is 0 Å². The minimum Gasteiger partial charge on any atom is -0.462 e. The molecule has 0 radical (unpaired) electrons. The number of carbonyl (C=O) groups excluding carboxylic acids is 1. The standard InChI is InChI=1S/C35H50O5/c1-3-4-5-6-28-7-9-29(10-8-28)11-12-30-13-15-31(16-14-30)32-17-19-33(20-18-32)34(21-23-39-26-37)22-24-40-35(38)27(2)25-36/h13-20,28-29,34,36-37H,2-12,21-26H2,1H3. The van der Waals surface area contributed by atoms with E-state index in [0.29, 0.717) is 19.4 Å². The van der Waals surface area contributed by atoms with E-state index in [1.807, 2.05) is 0 Å². The van der Waals surface area contributed by atoms with Gasteiger partial charge in [0.15, 0.2) is 0 Å². The maximum Gasteiger partial charge on any atom is 0.335 e. The van der Waals surface area contributed by atoms with E-state index in [-0.39, 0.29) is 24.9 Å². The minimum absolute atomic E-state index is 0.0517. The molecule has 1 saturated carbocycles. The van der Waals surface area contributed by atoms with E-state index < -0.39 is 12.6 Å². The molecule has 3 rings (SSSR count). The summed E-state index contributed by atoms with van der Waals surface area (Å²) in [5, 5.41) is 18.0. The normalized spacial score (nSPS) is 17.9. The van der Waals surface area contributed by atoms with Crippen molar-refractivity contribution in [3.05, 3.63) is 71.8 Å². The Morgan fingerprint density at radius 3 is 2.08 bits per heavy atom. The van der Waals surface area contributed by atoms with Gasteiger partial charge in [0, 0.05) is 0 Å². The van der Waals surface area contributed by atoms with Crippen LogP contribution in [0.1, 0.15) is 94.6 Å². The first kappa shape index (κ1) is 32.0. The van der Waals surface area contributed by atoms with Crippen LogP contribution in [-0.4, -0.2) is 42.8 Å². The van der Waals surface area contributed by atoms with Crippen LogP contribution in [0.3, 0.4) is 0 Å². The molecule has 0 heterocycles. The lowest BCUT2D eigenvalue weighted by Crippen LogP contribution is -2.15. The molecule has 0 aromatic heterocycles. The summed E-state index contributed by atoms with van der Waals surface area (Å²) in [6.45, 7) is 5.72. The van der Waals surface area contributed by atoms with Gasteiger partial charge in [-0.25, -0.2) is 4.79 Å². The number of ether oxygens (including phenoxy) is 2. The van der Waals surface area contributed by atoms with Gasteiger partial charge < -0.3 is 19.7 Å². The summed E-state index contributed by atoms with van der Waals surface area (Å²) in [5.41, 5.74) is 5.00. The topological polar surface area (TPSA) is 76.0 Å². The second kappa shape index (κ2) is 18.1. The second-order valence-corrected chi connectivity index (χ2v) is 11.4. The molecule has 0 amide bonds. The van der Waals surface area contributed by atoms with E-state index in [0.717, 1.165) is 23.8 Å². The number of esters is 1. The molecule has 0 bridgehead atoms. The average Bonchev–Trinajstić information content (AvgIpc) is 3.00. The quantitative estimate of drug-likeness (QED) is 0.0865. The molecule has 2 aromatic carbocycles. The molecule has 5 nitrogen and oxygen atoms in total. The summed E-state index contributed by atoms with van der Waals surface area (Å²) >= 11 is 0. The molecule has 2 aromatic rings. The van der Waals surface area contributed by atoms with Crippen LogP contribution < -0.4 is 0 Å². The monoisotopic (exact) mass is 550 g/mol. The summed E-state index contributed by atoms with van der Waals surface area (Å²) in [5.74, 6) is 1.41. The Hall–Kier alpha value is -2.47. The smallest absolute Gasteiger partial charge is 0.335 e. The Labute approximate surface area is 241 Å². The lowest BCUT2D eigenvalue weighted by Gasteiger charge is -2.28. The summed E-state index contributed by atoms with van der Waals surface area (Å²) in [7, 11) is 0. The van der Waals surface area contributed by atoms with E-state index in [1.165, 1.54) is 74.5 Å². The maximum atomic E-state index is 11.8. The van der Waals surface area contributed by atoms with Gasteiger partial charge >= 0.3 is 5.97 Å². The van der Waals surface area contributed by atoms with Crippen LogP contribution in [-0.2, 0) is 20.7 Å².